The molecule has 0 bridgehead atoms. The lowest BCUT2D eigenvalue weighted by atomic mass is 9.80. The van der Waals surface area contributed by atoms with E-state index in [0.29, 0.717) is 19.7 Å². The number of methoxy groups -OCH3 is 1. The fourth-order valence-corrected chi connectivity index (χ4v) is 3.24. The van der Waals surface area contributed by atoms with Crippen molar-refractivity contribution in [2.24, 2.45) is 13.0 Å². The van der Waals surface area contributed by atoms with E-state index in [4.69, 9.17) is 4.74 Å². The Morgan fingerprint density at radius 1 is 1.52 bits per heavy atom. The maximum absolute atomic E-state index is 13.0. The number of aryl methyl sites for hydroxylation is 1. The summed E-state index contributed by atoms with van der Waals surface area (Å²) >= 11 is 0. The Hall–Kier alpha value is -1.50. The van der Waals surface area contributed by atoms with E-state index < -0.39 is 11.8 Å². The third-order valence-electron chi connectivity index (χ3n) is 4.24. The zero-order chi connectivity index (χ0) is 15.2. The van der Waals surface area contributed by atoms with E-state index in [1.54, 1.807) is 16.7 Å². The van der Waals surface area contributed by atoms with Gasteiger partial charge >= 0.3 is 0 Å². The quantitative estimate of drug-likeness (QED) is 0.850. The van der Waals surface area contributed by atoms with Gasteiger partial charge in [-0.2, -0.15) is 5.10 Å². The third-order valence-corrected chi connectivity index (χ3v) is 4.24. The van der Waals surface area contributed by atoms with Crippen LogP contribution in [0.25, 0.3) is 0 Å². The smallest absolute Gasteiger partial charge is 0.249 e. The first kappa shape index (κ1) is 14.4. The minimum atomic E-state index is -2.67. The lowest BCUT2D eigenvalue weighted by Gasteiger charge is -2.39. The van der Waals surface area contributed by atoms with Gasteiger partial charge in [0, 0.05) is 63.7 Å². The summed E-state index contributed by atoms with van der Waals surface area (Å²) in [6.45, 7) is 1.40. The fourth-order valence-electron chi connectivity index (χ4n) is 3.24. The Labute approximate surface area is 121 Å². The molecule has 1 unspecified atom stereocenters. The van der Waals surface area contributed by atoms with E-state index >= 15 is 0 Å². The molecule has 1 aliphatic heterocycles. The van der Waals surface area contributed by atoms with Gasteiger partial charge in [0.25, 0.3) is 0 Å². The lowest BCUT2D eigenvalue weighted by Crippen LogP contribution is -2.49. The van der Waals surface area contributed by atoms with Gasteiger partial charge < -0.3 is 9.64 Å². The molecule has 0 radical (unpaired) electrons. The number of aromatic nitrogens is 2. The molecule has 7 heteroatoms. The molecule has 116 valence electrons. The zero-order valence-corrected chi connectivity index (χ0v) is 12.2. The number of halogens is 2. The van der Waals surface area contributed by atoms with Crippen molar-refractivity contribution in [1.82, 2.24) is 14.7 Å². The van der Waals surface area contributed by atoms with Crippen molar-refractivity contribution in [3.05, 3.63) is 17.5 Å². The molecule has 3 rings (SSSR count). The van der Waals surface area contributed by atoms with Crippen LogP contribution < -0.4 is 0 Å². The molecule has 5 nitrogen and oxygen atoms in total. The van der Waals surface area contributed by atoms with Gasteiger partial charge in [0.1, 0.15) is 0 Å². The average Bonchev–Trinajstić information content (AvgIpc) is 2.75. The number of hydrogen-bond acceptors (Lipinski definition) is 3. The van der Waals surface area contributed by atoms with Gasteiger partial charge in [0.05, 0.1) is 12.3 Å². The van der Waals surface area contributed by atoms with Gasteiger partial charge in [-0.05, 0) is 0 Å². The topological polar surface area (TPSA) is 47.4 Å². The minimum absolute atomic E-state index is 0.00415. The molecule has 1 atom stereocenters. The summed E-state index contributed by atoms with van der Waals surface area (Å²) in [7, 11) is 3.44. The summed E-state index contributed by atoms with van der Waals surface area (Å²) < 4.78 is 32.8. The maximum atomic E-state index is 13.0. The average molecular weight is 299 g/mol. The predicted octanol–water partition coefficient (Wildman–Crippen LogP) is 1.54. The number of carbonyl (C=O) groups is 1. The Bertz CT molecular complexity index is 550. The van der Waals surface area contributed by atoms with E-state index in [2.05, 4.69) is 5.10 Å². The predicted molar refractivity (Wildman–Crippen MR) is 70.9 cm³/mol. The van der Waals surface area contributed by atoms with Crippen LogP contribution in [0.5, 0.6) is 0 Å². The summed E-state index contributed by atoms with van der Waals surface area (Å²) in [4.78, 5) is 14.0. The van der Waals surface area contributed by atoms with E-state index in [-0.39, 0.29) is 24.7 Å². The monoisotopic (exact) mass is 299 g/mol. The Morgan fingerprint density at radius 2 is 2.24 bits per heavy atom. The van der Waals surface area contributed by atoms with Crippen molar-refractivity contribution in [1.29, 1.82) is 0 Å². The number of hydrogen-bond donors (Lipinski definition) is 0. The van der Waals surface area contributed by atoms with E-state index in [1.165, 1.54) is 0 Å². The number of amides is 1. The van der Waals surface area contributed by atoms with Crippen molar-refractivity contribution >= 4 is 5.91 Å². The van der Waals surface area contributed by atoms with Crippen LogP contribution in [0.2, 0.25) is 0 Å². The van der Waals surface area contributed by atoms with Gasteiger partial charge in [0.2, 0.25) is 11.8 Å². The van der Waals surface area contributed by atoms with Crippen molar-refractivity contribution in [3.8, 4) is 0 Å². The fraction of sp³-hybridized carbons (Fsp3) is 0.714. The third kappa shape index (κ3) is 2.66. The normalized spacial score (nSPS) is 24.6. The Morgan fingerprint density at radius 3 is 2.86 bits per heavy atom. The summed E-state index contributed by atoms with van der Waals surface area (Å²) in [6.07, 6.45) is 1.24. The standard InChI is InChI=1S/C14H19F2N3O2/c1-18-5-10-6-19(7-11(8-21-2)12(10)17-18)13(20)9-3-14(15,16)4-9/h5,9,11H,3-4,6-8H2,1-2H3. The second-order valence-corrected chi connectivity index (χ2v) is 6.05. The van der Waals surface area contributed by atoms with Crippen molar-refractivity contribution < 1.29 is 18.3 Å². The zero-order valence-electron chi connectivity index (χ0n) is 12.2. The van der Waals surface area contributed by atoms with Crippen molar-refractivity contribution in [2.75, 3.05) is 20.3 Å². The minimum Gasteiger partial charge on any atom is -0.384 e. The van der Waals surface area contributed by atoms with Gasteiger partial charge in [-0.3, -0.25) is 9.48 Å². The molecule has 2 aliphatic rings. The first-order valence-electron chi connectivity index (χ1n) is 7.07. The molecule has 2 heterocycles. The maximum Gasteiger partial charge on any atom is 0.249 e. The highest BCUT2D eigenvalue weighted by Crippen LogP contribution is 2.44. The van der Waals surface area contributed by atoms with Crippen LogP contribution in [-0.4, -0.2) is 46.8 Å². The van der Waals surface area contributed by atoms with Crippen LogP contribution in [0.15, 0.2) is 6.20 Å². The van der Waals surface area contributed by atoms with Crippen LogP contribution >= 0.6 is 0 Å². The number of alkyl halides is 2. The molecule has 0 spiro atoms. The van der Waals surface area contributed by atoms with Crippen molar-refractivity contribution in [2.45, 2.75) is 31.2 Å². The van der Waals surface area contributed by atoms with Crippen LogP contribution in [0.3, 0.4) is 0 Å². The number of rotatable bonds is 3. The van der Waals surface area contributed by atoms with Gasteiger partial charge in [-0.25, -0.2) is 8.78 Å². The van der Waals surface area contributed by atoms with Crippen LogP contribution in [-0.2, 0) is 23.1 Å². The first-order chi connectivity index (χ1) is 9.89. The Kier molecular flexibility index (Phi) is 3.47. The summed E-state index contributed by atoms with van der Waals surface area (Å²) in [6, 6.07) is 0. The van der Waals surface area contributed by atoms with E-state index in [0.717, 1.165) is 11.3 Å². The van der Waals surface area contributed by atoms with Gasteiger partial charge in [-0.15, -0.1) is 0 Å². The summed E-state index contributed by atoms with van der Waals surface area (Å²) in [5.41, 5.74) is 1.92. The molecule has 1 amide bonds. The lowest BCUT2D eigenvalue weighted by molar-refractivity contribution is -0.161. The highest BCUT2D eigenvalue weighted by Gasteiger charge is 2.50. The number of fused-ring (bicyclic) bond motifs is 1. The summed E-state index contributed by atoms with van der Waals surface area (Å²) in [5, 5.41) is 4.43. The van der Waals surface area contributed by atoms with Crippen LogP contribution in [0, 0.1) is 5.92 Å². The number of carbonyl (C=O) groups excluding carboxylic acids is 1. The van der Waals surface area contributed by atoms with Crippen LogP contribution in [0.1, 0.15) is 30.0 Å². The van der Waals surface area contributed by atoms with Gasteiger partial charge in [-0.1, -0.05) is 0 Å². The molecule has 0 saturated heterocycles. The molecular weight excluding hydrogens is 280 g/mol. The summed E-state index contributed by atoms with van der Waals surface area (Å²) in [5.74, 6) is -3.37. The number of ether oxygens (including phenoxy) is 1. The van der Waals surface area contributed by atoms with E-state index in [1.807, 2.05) is 13.2 Å². The molecule has 0 N–H and O–H groups in total. The molecule has 1 aromatic rings. The first-order valence-corrected chi connectivity index (χ1v) is 7.07. The highest BCUT2D eigenvalue weighted by atomic mass is 19.3. The van der Waals surface area contributed by atoms with Gasteiger partial charge in [0.15, 0.2) is 0 Å². The molecule has 1 fully saturated rings. The number of nitrogens with zero attached hydrogens (tertiary/aromatic N) is 3. The van der Waals surface area contributed by atoms with Crippen molar-refractivity contribution in [3.63, 3.8) is 0 Å². The molecule has 1 saturated carbocycles. The highest BCUT2D eigenvalue weighted by molar-refractivity contribution is 5.80. The molecule has 1 aromatic heterocycles. The molecule has 1 aliphatic carbocycles. The molecule has 21 heavy (non-hydrogen) atoms. The second kappa shape index (κ2) is 5.05. The second-order valence-electron chi connectivity index (χ2n) is 6.05. The molecule has 0 aromatic carbocycles. The van der Waals surface area contributed by atoms with Crippen LogP contribution in [0.4, 0.5) is 8.78 Å². The largest absolute Gasteiger partial charge is 0.384 e. The Balaban J connectivity index is 1.75. The molecular formula is C14H19F2N3O2. The SMILES string of the molecule is COCC1CN(C(=O)C2CC(F)(F)C2)Cc2cn(C)nc21. The van der Waals surface area contributed by atoms with E-state index in [9.17, 15) is 13.6 Å².